The first-order valence-corrected chi connectivity index (χ1v) is 7.60. The molecular formula is C15H18BrNO4. The number of carbonyl (C=O) groups is 2. The van der Waals surface area contributed by atoms with Crippen molar-refractivity contribution in [2.45, 2.75) is 25.8 Å². The summed E-state index contributed by atoms with van der Waals surface area (Å²) in [5, 5.41) is 2.83. The summed E-state index contributed by atoms with van der Waals surface area (Å²) in [6.45, 7) is 1.71. The van der Waals surface area contributed by atoms with Gasteiger partial charge in [0.05, 0.1) is 17.1 Å². The number of hydrogen-bond donors (Lipinski definition) is 1. The molecule has 0 radical (unpaired) electrons. The van der Waals surface area contributed by atoms with Crippen LogP contribution >= 0.6 is 15.9 Å². The van der Waals surface area contributed by atoms with Gasteiger partial charge in [-0.3, -0.25) is 4.79 Å². The first-order chi connectivity index (χ1) is 10.0. The standard InChI is InChI=1S/C15H18BrNO4/c1-9(10-3-4-10)17-14(18)8-21-15(19)11-5-6-13(20-2)12(16)7-11/h5-7,9-10H,3-4,8H2,1-2H3,(H,17,18)/t9-/m0/s1. The van der Waals surface area contributed by atoms with Crippen molar-refractivity contribution in [3.63, 3.8) is 0 Å². The lowest BCUT2D eigenvalue weighted by Crippen LogP contribution is -2.37. The molecule has 5 nitrogen and oxygen atoms in total. The Morgan fingerprint density at radius 2 is 2.14 bits per heavy atom. The minimum Gasteiger partial charge on any atom is -0.496 e. The molecule has 1 saturated carbocycles. The van der Waals surface area contributed by atoms with Crippen molar-refractivity contribution in [2.24, 2.45) is 5.92 Å². The number of nitrogens with one attached hydrogen (secondary N) is 1. The first kappa shape index (κ1) is 15.8. The third kappa shape index (κ3) is 4.46. The van der Waals surface area contributed by atoms with Crippen LogP contribution in [-0.4, -0.2) is 31.6 Å². The van der Waals surface area contributed by atoms with E-state index < -0.39 is 5.97 Å². The van der Waals surface area contributed by atoms with Crippen molar-refractivity contribution in [3.8, 4) is 5.75 Å². The number of benzene rings is 1. The van der Waals surface area contributed by atoms with Crippen LogP contribution in [0.4, 0.5) is 0 Å². The molecule has 0 saturated heterocycles. The van der Waals surface area contributed by atoms with Gasteiger partial charge >= 0.3 is 5.97 Å². The highest BCUT2D eigenvalue weighted by molar-refractivity contribution is 9.10. The second kappa shape index (κ2) is 6.93. The number of ether oxygens (including phenoxy) is 2. The van der Waals surface area contributed by atoms with Crippen LogP contribution in [0, 0.1) is 5.92 Å². The molecule has 0 bridgehead atoms. The van der Waals surface area contributed by atoms with Crippen LogP contribution in [0.15, 0.2) is 22.7 Å². The molecule has 21 heavy (non-hydrogen) atoms. The lowest BCUT2D eigenvalue weighted by molar-refractivity contribution is -0.124. The highest BCUT2D eigenvalue weighted by Gasteiger charge is 2.29. The average Bonchev–Trinajstić information content (AvgIpc) is 3.29. The molecule has 1 aliphatic rings. The lowest BCUT2D eigenvalue weighted by atomic mass is 10.2. The molecule has 2 rings (SSSR count). The molecule has 0 unspecified atom stereocenters. The quantitative estimate of drug-likeness (QED) is 0.796. The molecule has 1 amide bonds. The summed E-state index contributed by atoms with van der Waals surface area (Å²) in [4.78, 5) is 23.5. The van der Waals surface area contributed by atoms with Crippen molar-refractivity contribution in [1.29, 1.82) is 0 Å². The number of rotatable bonds is 6. The van der Waals surface area contributed by atoms with E-state index in [1.807, 2.05) is 6.92 Å². The van der Waals surface area contributed by atoms with Gasteiger partial charge in [0.2, 0.25) is 0 Å². The zero-order valence-electron chi connectivity index (χ0n) is 12.0. The van der Waals surface area contributed by atoms with Crippen molar-refractivity contribution in [3.05, 3.63) is 28.2 Å². The maximum absolute atomic E-state index is 11.9. The summed E-state index contributed by atoms with van der Waals surface area (Å²) in [5.41, 5.74) is 0.366. The highest BCUT2D eigenvalue weighted by atomic mass is 79.9. The van der Waals surface area contributed by atoms with Gasteiger partial charge in [-0.1, -0.05) is 0 Å². The Balaban J connectivity index is 1.83. The van der Waals surface area contributed by atoms with E-state index in [9.17, 15) is 9.59 Å². The largest absolute Gasteiger partial charge is 0.496 e. The summed E-state index contributed by atoms with van der Waals surface area (Å²) in [7, 11) is 1.55. The van der Waals surface area contributed by atoms with Gasteiger partial charge in [0.25, 0.3) is 5.91 Å². The Bertz CT molecular complexity index is 542. The summed E-state index contributed by atoms with van der Waals surface area (Å²) in [6, 6.07) is 5.00. The maximum Gasteiger partial charge on any atom is 0.338 e. The topological polar surface area (TPSA) is 64.6 Å². The van der Waals surface area contributed by atoms with E-state index in [0.717, 1.165) is 12.8 Å². The van der Waals surface area contributed by atoms with E-state index in [-0.39, 0.29) is 18.6 Å². The monoisotopic (exact) mass is 355 g/mol. The fourth-order valence-electron chi connectivity index (χ4n) is 2.02. The zero-order chi connectivity index (χ0) is 15.4. The molecule has 1 aliphatic carbocycles. The predicted molar refractivity (Wildman–Crippen MR) is 81.3 cm³/mol. The van der Waals surface area contributed by atoms with E-state index in [4.69, 9.17) is 9.47 Å². The summed E-state index contributed by atoms with van der Waals surface area (Å²) in [6.07, 6.45) is 2.31. The molecule has 114 valence electrons. The van der Waals surface area contributed by atoms with E-state index in [0.29, 0.717) is 21.7 Å². The van der Waals surface area contributed by atoms with Gasteiger partial charge in [-0.2, -0.15) is 0 Å². The molecule has 1 aromatic carbocycles. The number of halogens is 1. The van der Waals surface area contributed by atoms with Gasteiger partial charge in [0, 0.05) is 6.04 Å². The van der Waals surface area contributed by atoms with Gasteiger partial charge in [-0.05, 0) is 59.8 Å². The number of amides is 1. The fraction of sp³-hybridized carbons (Fsp3) is 0.467. The molecule has 1 N–H and O–H groups in total. The second-order valence-electron chi connectivity index (χ2n) is 5.12. The molecule has 0 heterocycles. The van der Waals surface area contributed by atoms with Crippen LogP contribution in [0.25, 0.3) is 0 Å². The number of hydrogen-bond acceptors (Lipinski definition) is 4. The van der Waals surface area contributed by atoms with Gasteiger partial charge < -0.3 is 14.8 Å². The molecule has 1 atom stereocenters. The Hall–Kier alpha value is -1.56. The molecule has 0 aromatic heterocycles. The molecular weight excluding hydrogens is 338 g/mol. The van der Waals surface area contributed by atoms with Gasteiger partial charge in [0.15, 0.2) is 6.61 Å². The van der Waals surface area contributed by atoms with Crippen molar-refractivity contribution < 1.29 is 19.1 Å². The van der Waals surface area contributed by atoms with Gasteiger partial charge in [-0.15, -0.1) is 0 Å². The van der Waals surface area contributed by atoms with Gasteiger partial charge in [-0.25, -0.2) is 4.79 Å². The maximum atomic E-state index is 11.9. The van der Waals surface area contributed by atoms with E-state index in [1.54, 1.807) is 25.3 Å². The van der Waals surface area contributed by atoms with Crippen molar-refractivity contribution in [2.75, 3.05) is 13.7 Å². The summed E-state index contributed by atoms with van der Waals surface area (Å²) in [5.74, 6) is 0.396. The Labute approximate surface area is 132 Å². The Kier molecular flexibility index (Phi) is 5.22. The number of methoxy groups -OCH3 is 1. The van der Waals surface area contributed by atoms with Crippen molar-refractivity contribution >= 4 is 27.8 Å². The normalized spacial score (nSPS) is 15.2. The van der Waals surface area contributed by atoms with Crippen LogP contribution in [0.5, 0.6) is 5.75 Å². The van der Waals surface area contributed by atoms with E-state index in [1.165, 1.54) is 0 Å². The van der Waals surface area contributed by atoms with Crippen LogP contribution in [0.1, 0.15) is 30.1 Å². The minimum atomic E-state index is -0.535. The van der Waals surface area contributed by atoms with Crippen LogP contribution in [0.3, 0.4) is 0 Å². The minimum absolute atomic E-state index is 0.145. The average molecular weight is 356 g/mol. The van der Waals surface area contributed by atoms with Gasteiger partial charge in [0.1, 0.15) is 5.75 Å². The second-order valence-corrected chi connectivity index (χ2v) is 5.97. The highest BCUT2D eigenvalue weighted by Crippen LogP contribution is 2.32. The zero-order valence-corrected chi connectivity index (χ0v) is 13.6. The third-order valence-electron chi connectivity index (χ3n) is 3.44. The van der Waals surface area contributed by atoms with Crippen molar-refractivity contribution in [1.82, 2.24) is 5.32 Å². The Morgan fingerprint density at radius 1 is 1.43 bits per heavy atom. The third-order valence-corrected chi connectivity index (χ3v) is 4.06. The molecule has 0 spiro atoms. The van der Waals surface area contributed by atoms with Crippen LogP contribution in [-0.2, 0) is 9.53 Å². The Morgan fingerprint density at radius 3 is 2.71 bits per heavy atom. The predicted octanol–water partition coefficient (Wildman–Crippen LogP) is 2.53. The smallest absolute Gasteiger partial charge is 0.338 e. The molecule has 1 aromatic rings. The van der Waals surface area contributed by atoms with E-state index >= 15 is 0 Å². The number of esters is 1. The molecule has 0 aliphatic heterocycles. The SMILES string of the molecule is COc1ccc(C(=O)OCC(=O)N[C@@H](C)C2CC2)cc1Br. The first-order valence-electron chi connectivity index (χ1n) is 6.81. The van der Waals surface area contributed by atoms with Crippen LogP contribution < -0.4 is 10.1 Å². The molecule has 6 heteroatoms. The summed E-state index contributed by atoms with van der Waals surface area (Å²) < 4.78 is 10.8. The molecule has 1 fully saturated rings. The lowest BCUT2D eigenvalue weighted by Gasteiger charge is -2.13. The van der Waals surface area contributed by atoms with E-state index in [2.05, 4.69) is 21.2 Å². The number of carbonyl (C=O) groups excluding carboxylic acids is 2. The fourth-order valence-corrected chi connectivity index (χ4v) is 2.56. The summed E-state index contributed by atoms with van der Waals surface area (Å²) >= 11 is 3.30. The van der Waals surface area contributed by atoms with Crippen LogP contribution in [0.2, 0.25) is 0 Å².